The molecule has 12 nitrogen and oxygen atoms in total. The molecule has 4 N–H and O–H groups in total. The number of halogens is 7. The van der Waals surface area contributed by atoms with Gasteiger partial charge in [-0.2, -0.15) is 18.3 Å². The van der Waals surface area contributed by atoms with Crippen molar-refractivity contribution in [3.63, 3.8) is 0 Å². The normalized spacial score (nSPS) is 21.6. The van der Waals surface area contributed by atoms with Crippen LogP contribution in [0.2, 0.25) is 5.02 Å². The predicted molar refractivity (Wildman–Crippen MR) is 166 cm³/mol. The van der Waals surface area contributed by atoms with Gasteiger partial charge in [0.2, 0.25) is 0 Å². The van der Waals surface area contributed by atoms with Gasteiger partial charge in [0.1, 0.15) is 0 Å². The van der Waals surface area contributed by atoms with Crippen LogP contribution in [0.3, 0.4) is 0 Å². The first-order chi connectivity index (χ1) is 22.1. The monoisotopic (exact) mass is 719 g/mol. The van der Waals surface area contributed by atoms with E-state index in [1.807, 2.05) is 0 Å². The van der Waals surface area contributed by atoms with E-state index in [4.69, 9.17) is 17.3 Å². The first-order valence-electron chi connectivity index (χ1n) is 14.9. The Balaban J connectivity index is 0.00000451. The third-order valence-electron chi connectivity index (χ3n) is 8.67. The number of rotatable bonds is 7. The van der Waals surface area contributed by atoms with Crippen molar-refractivity contribution in [2.75, 3.05) is 31.5 Å². The zero-order chi connectivity index (χ0) is 33.8. The second-order valence-electron chi connectivity index (χ2n) is 12.1. The Kier molecular flexibility index (Phi) is 9.69. The lowest BCUT2D eigenvalue weighted by Gasteiger charge is -2.38. The molecule has 19 heteroatoms. The van der Waals surface area contributed by atoms with Gasteiger partial charge in [-0.05, 0) is 31.0 Å². The second kappa shape index (κ2) is 13.2. The van der Waals surface area contributed by atoms with Crippen LogP contribution in [0.4, 0.5) is 32.4 Å². The minimum absolute atomic E-state index is 0. The fraction of sp³-hybridized carbons (Fsp3) is 0.483. The lowest BCUT2D eigenvalue weighted by molar-refractivity contribution is -0.141. The lowest BCUT2D eigenvalue weighted by atomic mass is 9.88. The molecule has 2 aromatic heterocycles. The van der Waals surface area contributed by atoms with Crippen molar-refractivity contribution in [3.8, 4) is 11.3 Å². The van der Waals surface area contributed by atoms with Crippen LogP contribution >= 0.6 is 24.0 Å². The Hall–Kier alpha value is -3.96. The minimum Gasteiger partial charge on any atom is -0.335 e. The van der Waals surface area contributed by atoms with E-state index in [0.717, 1.165) is 34.5 Å². The van der Waals surface area contributed by atoms with E-state index in [2.05, 4.69) is 20.7 Å². The number of carbonyl (C=O) groups is 3. The largest absolute Gasteiger partial charge is 0.435 e. The molecule has 48 heavy (non-hydrogen) atoms. The number of anilines is 1. The molecule has 1 unspecified atom stereocenters. The number of amides is 4. The topological polar surface area (TPSA) is 143 Å². The van der Waals surface area contributed by atoms with Crippen LogP contribution in [0.5, 0.6) is 0 Å². The molecule has 3 heterocycles. The van der Waals surface area contributed by atoms with Crippen molar-refractivity contribution in [1.29, 1.82) is 0 Å². The molecule has 3 aliphatic rings. The van der Waals surface area contributed by atoms with Crippen LogP contribution in [0.25, 0.3) is 11.3 Å². The molecular weight excluding hydrogens is 688 g/mol. The molecule has 1 atom stereocenters. The quantitative estimate of drug-likeness (QED) is 0.312. The van der Waals surface area contributed by atoms with Crippen LogP contribution in [-0.4, -0.2) is 91.2 Å². The van der Waals surface area contributed by atoms with E-state index in [1.54, 1.807) is 9.80 Å². The minimum atomic E-state index is -4.89. The summed E-state index contributed by atoms with van der Waals surface area (Å²) in [7, 11) is 1.34. The first-order valence-corrected chi connectivity index (χ1v) is 15.2. The Bertz CT molecular complexity index is 1720. The highest BCUT2D eigenvalue weighted by Gasteiger charge is 2.57. The maximum atomic E-state index is 13.8. The van der Waals surface area contributed by atoms with Gasteiger partial charge in [-0.3, -0.25) is 14.3 Å². The molecule has 6 rings (SSSR count). The number of hydrogen-bond acceptors (Lipinski definition) is 6. The Morgan fingerprint density at radius 1 is 1.10 bits per heavy atom. The van der Waals surface area contributed by atoms with Gasteiger partial charge in [-0.1, -0.05) is 11.6 Å². The number of hydrogen-bond donors (Lipinski definition) is 3. The number of piperazine rings is 1. The van der Waals surface area contributed by atoms with Gasteiger partial charge >= 0.3 is 12.2 Å². The van der Waals surface area contributed by atoms with Crippen molar-refractivity contribution in [2.45, 2.75) is 50.0 Å². The van der Waals surface area contributed by atoms with Crippen LogP contribution < -0.4 is 16.4 Å². The summed E-state index contributed by atoms with van der Waals surface area (Å²) in [4.78, 5) is 45.9. The predicted octanol–water partition coefficient (Wildman–Crippen LogP) is 4.24. The van der Waals surface area contributed by atoms with Crippen LogP contribution in [0, 0.1) is 5.92 Å². The number of nitrogens with zero attached hydrogens (tertiary/aromatic N) is 6. The van der Waals surface area contributed by atoms with E-state index < -0.39 is 41.6 Å². The van der Waals surface area contributed by atoms with E-state index in [1.165, 1.54) is 25.2 Å². The number of aromatic nitrogens is 4. The van der Waals surface area contributed by atoms with Gasteiger partial charge in [-0.25, -0.2) is 18.6 Å². The van der Waals surface area contributed by atoms with E-state index in [-0.39, 0.29) is 70.8 Å². The highest BCUT2D eigenvalue weighted by molar-refractivity contribution is 6.34. The Labute approximate surface area is 282 Å². The molecule has 0 spiro atoms. The highest BCUT2D eigenvalue weighted by atomic mass is 35.5. The smallest absolute Gasteiger partial charge is 0.335 e. The number of nitrogens with one attached hydrogen (secondary N) is 2. The number of alkyl halides is 5. The zero-order valence-electron chi connectivity index (χ0n) is 25.4. The summed E-state index contributed by atoms with van der Waals surface area (Å²) in [6, 6.07) is 4.24. The average molecular weight is 721 g/mol. The number of urea groups is 1. The maximum Gasteiger partial charge on any atom is 0.435 e. The summed E-state index contributed by atoms with van der Waals surface area (Å²) in [6.07, 6.45) is -1.74. The van der Waals surface area contributed by atoms with E-state index in [9.17, 15) is 36.3 Å². The van der Waals surface area contributed by atoms with Gasteiger partial charge < -0.3 is 30.7 Å². The van der Waals surface area contributed by atoms with Crippen LogP contribution in [-0.2, 0) is 19.8 Å². The standard InChI is InChI=1S/C29H31ClF5N9O3.ClH/c1-41-22(20-14-44(13-15-11-28(15,31)32)40-23(20)29(33,34)35)12-37-24(41)25(45)38-17-2-3-19(21(30)10-17)26(46)42-4-6-43(7-5-42)27(47)39-18-8-16(36)9-18;/h2-3,10,12,14-16,18H,4-9,11,13,36H2,1H3,(H,38,45)(H,39,47);1H. The number of carbonyl (C=O) groups excluding carboxylic acids is 3. The fourth-order valence-electron chi connectivity index (χ4n) is 5.76. The van der Waals surface area contributed by atoms with Gasteiger partial charge in [0.15, 0.2) is 11.5 Å². The summed E-state index contributed by atoms with van der Waals surface area (Å²) < 4.78 is 70.1. The molecule has 2 saturated carbocycles. The third kappa shape index (κ3) is 7.22. The molecule has 1 saturated heterocycles. The molecule has 260 valence electrons. The molecular formula is C29H32Cl2F5N9O3. The highest BCUT2D eigenvalue weighted by Crippen LogP contribution is 2.49. The third-order valence-corrected chi connectivity index (χ3v) is 8.99. The van der Waals surface area contributed by atoms with Gasteiger partial charge in [-0.15, -0.1) is 12.4 Å². The van der Waals surface area contributed by atoms with Crippen LogP contribution in [0.15, 0.2) is 30.6 Å². The van der Waals surface area contributed by atoms with Crippen molar-refractivity contribution in [3.05, 3.63) is 52.7 Å². The summed E-state index contributed by atoms with van der Waals surface area (Å²) in [5, 5.41) is 9.07. The molecule has 0 radical (unpaired) electrons. The van der Waals surface area contributed by atoms with Gasteiger partial charge in [0.05, 0.1) is 28.0 Å². The van der Waals surface area contributed by atoms with E-state index >= 15 is 0 Å². The van der Waals surface area contributed by atoms with Crippen molar-refractivity contribution in [2.24, 2.45) is 18.7 Å². The Morgan fingerprint density at radius 3 is 2.33 bits per heavy atom. The van der Waals surface area contributed by atoms with Gasteiger partial charge in [0, 0.05) is 76.1 Å². The first kappa shape index (κ1) is 35.3. The molecule has 3 fully saturated rings. The summed E-state index contributed by atoms with van der Waals surface area (Å²) in [5.41, 5.74) is 4.36. The summed E-state index contributed by atoms with van der Waals surface area (Å²) in [6.45, 7) is 0.901. The fourth-order valence-corrected chi connectivity index (χ4v) is 6.02. The van der Waals surface area contributed by atoms with Crippen molar-refractivity contribution < 1.29 is 36.3 Å². The number of nitrogens with two attached hydrogens (primary N) is 1. The van der Waals surface area contributed by atoms with E-state index in [0.29, 0.717) is 26.2 Å². The second-order valence-corrected chi connectivity index (χ2v) is 12.5. The van der Waals surface area contributed by atoms with Crippen molar-refractivity contribution >= 4 is 47.5 Å². The molecule has 4 amide bonds. The number of benzene rings is 1. The molecule has 0 bridgehead atoms. The SMILES string of the molecule is Cl.Cn1c(-c2cn(CC3CC3(F)F)nc2C(F)(F)F)cnc1C(=O)Nc1ccc(C(=O)N2CCN(C(=O)NC3CC(N)C3)CC2)c(Cl)c1. The maximum absolute atomic E-state index is 13.8. The van der Waals surface area contributed by atoms with Crippen molar-refractivity contribution in [1.82, 2.24) is 34.4 Å². The lowest BCUT2D eigenvalue weighted by Crippen LogP contribution is -2.57. The van der Waals surface area contributed by atoms with Crippen LogP contribution in [0.1, 0.15) is 45.9 Å². The summed E-state index contributed by atoms with van der Waals surface area (Å²) >= 11 is 6.41. The molecule has 2 aliphatic carbocycles. The zero-order valence-corrected chi connectivity index (χ0v) is 27.0. The Morgan fingerprint density at radius 2 is 1.75 bits per heavy atom. The average Bonchev–Trinajstić information content (AvgIpc) is 3.27. The molecule has 1 aromatic carbocycles. The summed E-state index contributed by atoms with van der Waals surface area (Å²) in [5.74, 6) is -5.40. The molecule has 1 aliphatic heterocycles. The van der Waals surface area contributed by atoms with Gasteiger partial charge in [0.25, 0.3) is 17.7 Å². The molecule has 3 aromatic rings. The number of imidazole rings is 1.